The number of nitro groups is 2. The smallest absolute Gasteiger partial charge is 0.258 e. The zero-order valence-electron chi connectivity index (χ0n) is 12.8. The van der Waals surface area contributed by atoms with Crippen molar-refractivity contribution in [1.82, 2.24) is 0 Å². The molecule has 124 valence electrons. The summed E-state index contributed by atoms with van der Waals surface area (Å²) in [5.41, 5.74) is 2.52. The third kappa shape index (κ3) is 3.56. The van der Waals surface area contributed by atoms with Gasteiger partial charge in [0.25, 0.3) is 11.4 Å². The highest BCUT2D eigenvalue weighted by molar-refractivity contribution is 9.10. The number of nitrogens with zero attached hydrogens (tertiary/aromatic N) is 2. The number of halogens is 1. The Morgan fingerprint density at radius 2 is 1.24 bits per heavy atom. The van der Waals surface area contributed by atoms with Crippen LogP contribution in [-0.4, -0.2) is 9.85 Å². The molecule has 0 saturated heterocycles. The fourth-order valence-corrected chi connectivity index (χ4v) is 2.78. The van der Waals surface area contributed by atoms with E-state index < -0.39 is 9.85 Å². The zero-order valence-corrected chi connectivity index (χ0v) is 14.3. The predicted octanol–water partition coefficient (Wildman–Crippen LogP) is 5.60. The SMILES string of the molecule is O=[N+]([O-])c1ccc(-c2ccc(-c3ccc(Br)cc3)c([N+](=O)[O-])c2)cc1. The molecule has 0 unspecified atom stereocenters. The normalized spacial score (nSPS) is 10.4. The lowest BCUT2D eigenvalue weighted by atomic mass is 9.98. The first-order chi connectivity index (χ1) is 12.0. The van der Waals surface area contributed by atoms with Crippen molar-refractivity contribution in [3.8, 4) is 22.3 Å². The molecule has 0 amide bonds. The Balaban J connectivity index is 2.06. The van der Waals surface area contributed by atoms with Crippen molar-refractivity contribution >= 4 is 27.3 Å². The molecule has 0 fully saturated rings. The standard InChI is InChI=1S/C18H11BrN2O4/c19-15-6-1-13(2-7-15)17-10-5-14(11-18(17)21(24)25)12-3-8-16(9-4-12)20(22)23/h1-11H. The van der Waals surface area contributed by atoms with Gasteiger partial charge in [-0.15, -0.1) is 0 Å². The average molecular weight is 399 g/mol. The second kappa shape index (κ2) is 6.82. The highest BCUT2D eigenvalue weighted by Gasteiger charge is 2.17. The molecule has 0 bridgehead atoms. The van der Waals surface area contributed by atoms with E-state index in [0.29, 0.717) is 16.7 Å². The van der Waals surface area contributed by atoms with E-state index in [1.807, 2.05) is 12.1 Å². The molecular formula is C18H11BrN2O4. The van der Waals surface area contributed by atoms with E-state index >= 15 is 0 Å². The van der Waals surface area contributed by atoms with Gasteiger partial charge in [-0.05, 0) is 47.0 Å². The maximum Gasteiger partial charge on any atom is 0.277 e. The highest BCUT2D eigenvalue weighted by Crippen LogP contribution is 2.34. The van der Waals surface area contributed by atoms with Crippen molar-refractivity contribution in [2.24, 2.45) is 0 Å². The highest BCUT2D eigenvalue weighted by atomic mass is 79.9. The number of hydrogen-bond donors (Lipinski definition) is 0. The molecule has 3 aromatic carbocycles. The van der Waals surface area contributed by atoms with Crippen LogP contribution >= 0.6 is 15.9 Å². The molecule has 0 aliphatic heterocycles. The largest absolute Gasteiger partial charge is 0.277 e. The van der Waals surface area contributed by atoms with Crippen LogP contribution in [0, 0.1) is 20.2 Å². The number of benzene rings is 3. The van der Waals surface area contributed by atoms with E-state index in [-0.39, 0.29) is 11.4 Å². The summed E-state index contributed by atoms with van der Waals surface area (Å²) in [6.07, 6.45) is 0. The Labute approximate surface area is 151 Å². The van der Waals surface area contributed by atoms with Crippen molar-refractivity contribution in [3.05, 3.63) is 91.4 Å². The lowest BCUT2D eigenvalue weighted by Gasteiger charge is -2.07. The Morgan fingerprint density at radius 3 is 1.80 bits per heavy atom. The molecule has 7 heteroatoms. The molecule has 3 rings (SSSR count). The summed E-state index contributed by atoms with van der Waals surface area (Å²) < 4.78 is 0.890. The number of rotatable bonds is 4. The van der Waals surface area contributed by atoms with E-state index in [4.69, 9.17) is 0 Å². The first-order valence-electron chi connectivity index (χ1n) is 7.25. The van der Waals surface area contributed by atoms with Gasteiger partial charge < -0.3 is 0 Å². The zero-order chi connectivity index (χ0) is 18.0. The molecule has 0 radical (unpaired) electrons. The van der Waals surface area contributed by atoms with Gasteiger partial charge in [0.15, 0.2) is 0 Å². The summed E-state index contributed by atoms with van der Waals surface area (Å²) in [7, 11) is 0. The quantitative estimate of drug-likeness (QED) is 0.422. The summed E-state index contributed by atoms with van der Waals surface area (Å²) in [5, 5.41) is 22.2. The Bertz CT molecular complexity index is 954. The molecule has 0 aliphatic rings. The molecule has 0 heterocycles. The topological polar surface area (TPSA) is 86.3 Å². The van der Waals surface area contributed by atoms with Gasteiger partial charge >= 0.3 is 0 Å². The third-order valence-electron chi connectivity index (χ3n) is 3.76. The van der Waals surface area contributed by atoms with Gasteiger partial charge in [0.2, 0.25) is 0 Å². The summed E-state index contributed by atoms with van der Waals surface area (Å²) in [4.78, 5) is 21.3. The van der Waals surface area contributed by atoms with Crippen molar-refractivity contribution < 1.29 is 9.85 Å². The van der Waals surface area contributed by atoms with Gasteiger partial charge in [-0.25, -0.2) is 0 Å². The van der Waals surface area contributed by atoms with E-state index in [1.54, 1.807) is 36.4 Å². The molecule has 25 heavy (non-hydrogen) atoms. The van der Waals surface area contributed by atoms with E-state index in [9.17, 15) is 20.2 Å². The molecule has 0 N–H and O–H groups in total. The molecule has 0 aromatic heterocycles. The molecule has 0 spiro atoms. The van der Waals surface area contributed by atoms with Crippen LogP contribution in [0.4, 0.5) is 11.4 Å². The third-order valence-corrected chi connectivity index (χ3v) is 4.29. The molecular weight excluding hydrogens is 388 g/mol. The van der Waals surface area contributed by atoms with Crippen LogP contribution in [0.5, 0.6) is 0 Å². The lowest BCUT2D eigenvalue weighted by Crippen LogP contribution is -1.93. The maximum absolute atomic E-state index is 11.5. The lowest BCUT2D eigenvalue weighted by molar-refractivity contribution is -0.384. The predicted molar refractivity (Wildman–Crippen MR) is 98.3 cm³/mol. The maximum atomic E-state index is 11.5. The molecule has 0 aliphatic carbocycles. The van der Waals surface area contributed by atoms with Crippen LogP contribution in [-0.2, 0) is 0 Å². The van der Waals surface area contributed by atoms with Crippen LogP contribution < -0.4 is 0 Å². The first-order valence-corrected chi connectivity index (χ1v) is 8.04. The van der Waals surface area contributed by atoms with Gasteiger partial charge in [-0.1, -0.05) is 34.1 Å². The van der Waals surface area contributed by atoms with E-state index in [2.05, 4.69) is 15.9 Å². The van der Waals surface area contributed by atoms with Gasteiger partial charge in [-0.2, -0.15) is 0 Å². The minimum atomic E-state index is -0.483. The Morgan fingerprint density at radius 1 is 0.680 bits per heavy atom. The minimum absolute atomic E-state index is 0.0156. The number of nitro benzene ring substituents is 2. The molecule has 0 saturated carbocycles. The molecule has 3 aromatic rings. The first kappa shape index (κ1) is 16.8. The van der Waals surface area contributed by atoms with Crippen molar-refractivity contribution in [3.63, 3.8) is 0 Å². The fraction of sp³-hybridized carbons (Fsp3) is 0. The van der Waals surface area contributed by atoms with Crippen LogP contribution in [0.15, 0.2) is 71.2 Å². The van der Waals surface area contributed by atoms with Crippen LogP contribution in [0.2, 0.25) is 0 Å². The second-order valence-electron chi connectivity index (χ2n) is 5.30. The number of hydrogen-bond acceptors (Lipinski definition) is 4. The van der Waals surface area contributed by atoms with Crippen molar-refractivity contribution in [1.29, 1.82) is 0 Å². The van der Waals surface area contributed by atoms with Gasteiger partial charge in [0.05, 0.1) is 15.4 Å². The minimum Gasteiger partial charge on any atom is -0.258 e. The monoisotopic (exact) mass is 398 g/mol. The molecule has 0 atom stereocenters. The average Bonchev–Trinajstić information content (AvgIpc) is 2.62. The number of non-ortho nitro benzene ring substituents is 1. The van der Waals surface area contributed by atoms with E-state index in [0.717, 1.165) is 10.0 Å². The summed E-state index contributed by atoms with van der Waals surface area (Å²) in [6, 6.07) is 18.1. The van der Waals surface area contributed by atoms with Crippen LogP contribution in [0.3, 0.4) is 0 Å². The fourth-order valence-electron chi connectivity index (χ4n) is 2.51. The van der Waals surface area contributed by atoms with Gasteiger partial charge in [-0.3, -0.25) is 20.2 Å². The summed E-state index contributed by atoms with van der Waals surface area (Å²) >= 11 is 3.34. The van der Waals surface area contributed by atoms with Gasteiger partial charge in [0, 0.05) is 22.7 Å². The van der Waals surface area contributed by atoms with Crippen LogP contribution in [0.1, 0.15) is 0 Å². The second-order valence-corrected chi connectivity index (χ2v) is 6.22. The Hall–Kier alpha value is -3.06. The molecule has 6 nitrogen and oxygen atoms in total. The van der Waals surface area contributed by atoms with E-state index in [1.165, 1.54) is 18.2 Å². The van der Waals surface area contributed by atoms with Crippen molar-refractivity contribution in [2.45, 2.75) is 0 Å². The summed E-state index contributed by atoms with van der Waals surface area (Å²) in [5.74, 6) is 0. The van der Waals surface area contributed by atoms with Crippen molar-refractivity contribution in [2.75, 3.05) is 0 Å². The van der Waals surface area contributed by atoms with Gasteiger partial charge in [0.1, 0.15) is 0 Å². The van der Waals surface area contributed by atoms with Crippen LogP contribution in [0.25, 0.3) is 22.3 Å². The Kier molecular flexibility index (Phi) is 4.58. The summed E-state index contributed by atoms with van der Waals surface area (Å²) in [6.45, 7) is 0.